The molecule has 3 aromatic rings. The van der Waals surface area contributed by atoms with Crippen LogP contribution in [0.2, 0.25) is 0 Å². The number of fused-ring (bicyclic) bond motifs is 2. The monoisotopic (exact) mass is 556 g/mol. The van der Waals surface area contributed by atoms with Gasteiger partial charge in [-0.05, 0) is 57.4 Å². The number of nitrogens with zero attached hydrogens (tertiary/aromatic N) is 1. The van der Waals surface area contributed by atoms with E-state index in [0.717, 1.165) is 6.08 Å². The Morgan fingerprint density at radius 3 is 2.52 bits per heavy atom. The molecular weight excluding hydrogens is 533 g/mol. The van der Waals surface area contributed by atoms with Gasteiger partial charge in [-0.2, -0.15) is 13.2 Å². The minimum absolute atomic E-state index is 0.115. The molecule has 1 spiro atoms. The number of H-pyrrole nitrogens is 2. The number of carbonyl (C=O) groups excluding carboxylic acids is 3. The largest absolute Gasteiger partial charge is 0.478 e. The van der Waals surface area contributed by atoms with Crippen molar-refractivity contribution in [3.8, 4) is 0 Å². The molecule has 1 aromatic carbocycles. The lowest BCUT2D eigenvalue weighted by Gasteiger charge is -2.28. The Morgan fingerprint density at radius 2 is 1.88 bits per heavy atom. The van der Waals surface area contributed by atoms with Gasteiger partial charge in [0.15, 0.2) is 0 Å². The number of aromatic carboxylic acids is 1. The molecule has 2 amide bonds. The Balaban J connectivity index is 1.32. The molecule has 0 bridgehead atoms. The number of hydrogen-bond acceptors (Lipinski definition) is 5. The Bertz CT molecular complexity index is 1690. The first-order valence-corrected chi connectivity index (χ1v) is 12.4. The first-order valence-electron chi connectivity index (χ1n) is 12.4. The van der Waals surface area contributed by atoms with Crippen LogP contribution in [0, 0.1) is 5.92 Å². The van der Waals surface area contributed by atoms with Gasteiger partial charge in [0.2, 0.25) is 5.78 Å². The van der Waals surface area contributed by atoms with E-state index < -0.39 is 57.9 Å². The molecule has 1 aliphatic heterocycles. The van der Waals surface area contributed by atoms with Crippen LogP contribution < -0.4 is 5.32 Å². The van der Waals surface area contributed by atoms with E-state index >= 15 is 0 Å². The second kappa shape index (κ2) is 7.99. The number of likely N-dealkylation sites (tertiary alicyclic amines) is 1. The molecule has 2 atom stereocenters. The van der Waals surface area contributed by atoms with Crippen LogP contribution in [0.5, 0.6) is 0 Å². The summed E-state index contributed by atoms with van der Waals surface area (Å²) in [5.74, 6) is -3.47. The SMILES string of the molecule is CC(C)(C)OC(=O)Nc1ccc2[nH]c(C(=O)N3C[C@H]4C[C@@]45C3=CC(=O)c3[nH]c(C(F)(F)F)c(C(=O)O)c35)cc2c1. The standard InChI is InChI=1S/C27H23F3N4O6/c1-25(2,3)40-24(39)31-13-4-5-14-11(6-13)7-15(32-14)22(36)34-10-12-9-26(12)17(34)8-16(35)20-19(26)18(23(37)38)21(33-20)27(28,29)30/h4-8,12,32-33H,9-10H2,1-3H3,(H,31,39)(H,37,38)/t12-,26+/m1/s1. The van der Waals surface area contributed by atoms with Crippen molar-refractivity contribution in [2.24, 2.45) is 5.92 Å². The van der Waals surface area contributed by atoms with E-state index in [2.05, 4.69) is 10.3 Å². The molecule has 2 aromatic heterocycles. The van der Waals surface area contributed by atoms with Crippen molar-refractivity contribution in [1.29, 1.82) is 0 Å². The maximum atomic E-state index is 13.7. The van der Waals surface area contributed by atoms with Crippen LogP contribution in [0.4, 0.5) is 23.7 Å². The molecule has 40 heavy (non-hydrogen) atoms. The molecule has 3 aliphatic rings. The number of aromatic amines is 2. The Morgan fingerprint density at radius 1 is 1.15 bits per heavy atom. The number of ether oxygens (including phenoxy) is 1. The molecular formula is C27H23F3N4O6. The van der Waals surface area contributed by atoms with Gasteiger partial charge >= 0.3 is 18.2 Å². The first kappa shape index (κ1) is 25.7. The molecule has 6 rings (SSSR count). The summed E-state index contributed by atoms with van der Waals surface area (Å²) in [5, 5.41) is 12.9. The molecule has 2 aliphatic carbocycles. The topological polar surface area (TPSA) is 145 Å². The van der Waals surface area contributed by atoms with Crippen molar-refractivity contribution in [3.63, 3.8) is 0 Å². The van der Waals surface area contributed by atoms with Crippen LogP contribution in [0.15, 0.2) is 36.0 Å². The van der Waals surface area contributed by atoms with Gasteiger partial charge < -0.3 is 24.7 Å². The number of carbonyl (C=O) groups is 4. The number of alkyl halides is 3. The summed E-state index contributed by atoms with van der Waals surface area (Å²) in [4.78, 5) is 57.0. The third kappa shape index (κ3) is 3.79. The minimum atomic E-state index is -5.01. The number of hydrogen-bond donors (Lipinski definition) is 4. The molecule has 208 valence electrons. The molecule has 4 N–H and O–H groups in total. The van der Waals surface area contributed by atoms with Gasteiger partial charge in [0.25, 0.3) is 5.91 Å². The number of nitrogens with one attached hydrogen (secondary N) is 3. The lowest BCUT2D eigenvalue weighted by atomic mass is 9.82. The second-order valence-electron chi connectivity index (χ2n) is 11.2. The van der Waals surface area contributed by atoms with Gasteiger partial charge in [-0.15, -0.1) is 0 Å². The van der Waals surface area contributed by atoms with Crippen molar-refractivity contribution in [2.45, 2.75) is 44.4 Å². The number of allylic oxidation sites excluding steroid dienone is 2. The van der Waals surface area contributed by atoms with Gasteiger partial charge in [0.05, 0.1) is 11.3 Å². The highest BCUT2D eigenvalue weighted by Gasteiger charge is 2.69. The lowest BCUT2D eigenvalue weighted by Crippen LogP contribution is -2.34. The molecule has 0 radical (unpaired) electrons. The van der Waals surface area contributed by atoms with Crippen molar-refractivity contribution in [1.82, 2.24) is 14.9 Å². The molecule has 2 fully saturated rings. The number of amides is 2. The fourth-order valence-electron chi connectivity index (χ4n) is 5.90. The summed E-state index contributed by atoms with van der Waals surface area (Å²) in [6.07, 6.45) is -4.21. The summed E-state index contributed by atoms with van der Waals surface area (Å²) in [7, 11) is 0. The van der Waals surface area contributed by atoms with Crippen molar-refractivity contribution in [2.75, 3.05) is 11.9 Å². The van der Waals surface area contributed by atoms with E-state index in [1.165, 1.54) is 4.90 Å². The Hall–Kier alpha value is -4.55. The maximum Gasteiger partial charge on any atom is 0.432 e. The summed E-state index contributed by atoms with van der Waals surface area (Å²) in [6, 6.07) is 6.49. The number of benzene rings is 1. The zero-order valence-electron chi connectivity index (χ0n) is 21.4. The summed E-state index contributed by atoms with van der Waals surface area (Å²) < 4.78 is 46.3. The van der Waals surface area contributed by atoms with Crippen LogP contribution in [0.25, 0.3) is 10.9 Å². The second-order valence-corrected chi connectivity index (χ2v) is 11.2. The van der Waals surface area contributed by atoms with Gasteiger partial charge in [0, 0.05) is 45.9 Å². The quantitative estimate of drug-likeness (QED) is 0.355. The Labute approximate surface area is 224 Å². The minimum Gasteiger partial charge on any atom is -0.478 e. The maximum absolute atomic E-state index is 13.7. The molecule has 10 nitrogen and oxygen atoms in total. The van der Waals surface area contributed by atoms with Crippen molar-refractivity contribution >= 4 is 40.3 Å². The average molecular weight is 556 g/mol. The number of aromatic nitrogens is 2. The van der Waals surface area contributed by atoms with E-state index in [1.807, 2.05) is 4.98 Å². The number of ketones is 1. The first-order chi connectivity index (χ1) is 18.6. The molecule has 1 saturated heterocycles. The highest BCUT2D eigenvalue weighted by atomic mass is 19.4. The number of rotatable bonds is 3. The van der Waals surface area contributed by atoms with E-state index in [1.54, 1.807) is 45.0 Å². The Kier molecular flexibility index (Phi) is 5.14. The van der Waals surface area contributed by atoms with Gasteiger partial charge in [-0.3, -0.25) is 14.9 Å². The number of carboxylic acids is 1. The van der Waals surface area contributed by atoms with Crippen LogP contribution in [0.3, 0.4) is 0 Å². The van der Waals surface area contributed by atoms with Crippen molar-refractivity contribution in [3.05, 3.63) is 64.2 Å². The number of halogens is 3. The highest BCUT2D eigenvalue weighted by molar-refractivity contribution is 6.12. The summed E-state index contributed by atoms with van der Waals surface area (Å²) in [5.41, 5.74) is -3.55. The van der Waals surface area contributed by atoms with Gasteiger partial charge in [-0.1, -0.05) is 0 Å². The number of anilines is 1. The number of piperidine rings is 1. The molecule has 1 saturated carbocycles. The van der Waals surface area contributed by atoms with Crippen LogP contribution in [-0.4, -0.2) is 55.9 Å². The normalized spacial score (nSPS) is 21.4. The summed E-state index contributed by atoms with van der Waals surface area (Å²) in [6.45, 7) is 5.31. The average Bonchev–Trinajstić information content (AvgIpc) is 3.15. The number of carboxylic acid groups (broad SMARTS) is 1. The third-order valence-electron chi connectivity index (χ3n) is 7.46. The molecule has 13 heteroatoms. The summed E-state index contributed by atoms with van der Waals surface area (Å²) >= 11 is 0. The van der Waals surface area contributed by atoms with E-state index in [-0.39, 0.29) is 29.4 Å². The van der Waals surface area contributed by atoms with E-state index in [9.17, 15) is 37.5 Å². The molecule has 0 unspecified atom stereocenters. The fourth-order valence-corrected chi connectivity index (χ4v) is 5.90. The fraction of sp³-hybridized carbons (Fsp3) is 0.333. The van der Waals surface area contributed by atoms with E-state index in [0.29, 0.717) is 23.0 Å². The predicted molar refractivity (Wildman–Crippen MR) is 134 cm³/mol. The van der Waals surface area contributed by atoms with Crippen LogP contribution in [0.1, 0.15) is 69.8 Å². The van der Waals surface area contributed by atoms with Gasteiger partial charge in [0.1, 0.15) is 17.0 Å². The zero-order chi connectivity index (χ0) is 28.9. The third-order valence-corrected chi connectivity index (χ3v) is 7.46. The smallest absolute Gasteiger partial charge is 0.432 e. The van der Waals surface area contributed by atoms with Crippen LogP contribution >= 0.6 is 0 Å². The zero-order valence-corrected chi connectivity index (χ0v) is 21.4. The highest BCUT2D eigenvalue weighted by Crippen LogP contribution is 2.68. The predicted octanol–water partition coefficient (Wildman–Crippen LogP) is 5.05. The van der Waals surface area contributed by atoms with Gasteiger partial charge in [-0.25, -0.2) is 9.59 Å². The van der Waals surface area contributed by atoms with Crippen LogP contribution in [-0.2, 0) is 16.3 Å². The lowest BCUT2D eigenvalue weighted by molar-refractivity contribution is -0.141. The van der Waals surface area contributed by atoms with E-state index in [4.69, 9.17) is 4.74 Å². The van der Waals surface area contributed by atoms with Crippen molar-refractivity contribution < 1.29 is 42.2 Å². The molecule has 3 heterocycles.